The maximum absolute atomic E-state index is 11.7. The van der Waals surface area contributed by atoms with Crippen LogP contribution in [0.3, 0.4) is 0 Å². The van der Waals surface area contributed by atoms with Crippen LogP contribution in [-0.2, 0) is 4.79 Å². The monoisotopic (exact) mass is 250 g/mol. The molecule has 0 aromatic carbocycles. The molecule has 1 aliphatic rings. The van der Waals surface area contributed by atoms with Crippen LogP contribution < -0.4 is 5.32 Å². The Kier molecular flexibility index (Phi) is 4.75. The molecule has 18 heavy (non-hydrogen) atoms. The largest absolute Gasteiger partial charge is 0.355 e. The number of likely N-dealkylation sites (tertiary alicyclic amines) is 1. The van der Waals surface area contributed by atoms with Crippen LogP contribution in [0.5, 0.6) is 0 Å². The van der Waals surface area contributed by atoms with Crippen molar-refractivity contribution in [2.45, 2.75) is 32.2 Å². The molecule has 5 nitrogen and oxygen atoms in total. The zero-order chi connectivity index (χ0) is 12.8. The first kappa shape index (κ1) is 13.1. The fourth-order valence-corrected chi connectivity index (χ4v) is 2.30. The molecule has 1 aliphatic heterocycles. The minimum atomic E-state index is 0.148. The van der Waals surface area contributed by atoms with Gasteiger partial charge in [0.2, 0.25) is 5.91 Å². The number of nitrogens with zero attached hydrogens (tertiary/aromatic N) is 3. The quantitative estimate of drug-likeness (QED) is 0.821. The standard InChI is InChI=1S/C13H22N4O/c1-12(17-9-6-14-11-17)4-5-15-13(18)10-16-7-2-3-8-16/h6,9,11-12H,2-5,7-8,10H2,1H3,(H,15,18). The maximum atomic E-state index is 11.7. The van der Waals surface area contributed by atoms with Gasteiger partial charge in [-0.15, -0.1) is 0 Å². The molecule has 1 amide bonds. The predicted molar refractivity (Wildman–Crippen MR) is 70.2 cm³/mol. The summed E-state index contributed by atoms with van der Waals surface area (Å²) in [5, 5.41) is 2.99. The van der Waals surface area contributed by atoms with Gasteiger partial charge in [-0.3, -0.25) is 9.69 Å². The van der Waals surface area contributed by atoms with Crippen molar-refractivity contribution in [3.63, 3.8) is 0 Å². The van der Waals surface area contributed by atoms with Gasteiger partial charge in [0, 0.05) is 25.0 Å². The lowest BCUT2D eigenvalue weighted by Crippen LogP contribution is -2.36. The van der Waals surface area contributed by atoms with Crippen LogP contribution in [0.2, 0.25) is 0 Å². The fraction of sp³-hybridized carbons (Fsp3) is 0.692. The summed E-state index contributed by atoms with van der Waals surface area (Å²) in [6.07, 6.45) is 8.94. The number of hydrogen-bond donors (Lipinski definition) is 1. The second-order valence-corrected chi connectivity index (χ2v) is 4.98. The molecule has 1 fully saturated rings. The van der Waals surface area contributed by atoms with Gasteiger partial charge in [0.15, 0.2) is 0 Å². The van der Waals surface area contributed by atoms with Gasteiger partial charge in [-0.2, -0.15) is 0 Å². The second kappa shape index (κ2) is 6.54. The molecule has 5 heteroatoms. The lowest BCUT2D eigenvalue weighted by atomic mass is 10.2. The average molecular weight is 250 g/mol. The van der Waals surface area contributed by atoms with Crippen LogP contribution >= 0.6 is 0 Å². The lowest BCUT2D eigenvalue weighted by Gasteiger charge is -2.16. The fourth-order valence-electron chi connectivity index (χ4n) is 2.30. The molecule has 1 aromatic rings. The van der Waals surface area contributed by atoms with Gasteiger partial charge in [-0.1, -0.05) is 0 Å². The number of aromatic nitrogens is 2. The molecule has 1 unspecified atom stereocenters. The molecular formula is C13H22N4O. The van der Waals surface area contributed by atoms with Crippen LogP contribution in [0.1, 0.15) is 32.2 Å². The first-order chi connectivity index (χ1) is 8.75. The van der Waals surface area contributed by atoms with E-state index in [1.807, 2.05) is 12.5 Å². The zero-order valence-corrected chi connectivity index (χ0v) is 11.0. The molecule has 0 radical (unpaired) electrons. The molecule has 1 saturated heterocycles. The summed E-state index contributed by atoms with van der Waals surface area (Å²) in [4.78, 5) is 17.9. The van der Waals surface area contributed by atoms with Crippen molar-refractivity contribution in [2.75, 3.05) is 26.2 Å². The Bertz CT molecular complexity index is 357. The minimum absolute atomic E-state index is 0.148. The van der Waals surface area contributed by atoms with Crippen LogP contribution in [0, 0.1) is 0 Å². The van der Waals surface area contributed by atoms with Crippen LogP contribution in [0.4, 0.5) is 0 Å². The van der Waals surface area contributed by atoms with E-state index in [0.717, 1.165) is 26.1 Å². The predicted octanol–water partition coefficient (Wildman–Crippen LogP) is 1.05. The van der Waals surface area contributed by atoms with Gasteiger partial charge < -0.3 is 9.88 Å². The number of imidazole rings is 1. The van der Waals surface area contributed by atoms with Gasteiger partial charge in [0.1, 0.15) is 0 Å². The topological polar surface area (TPSA) is 50.2 Å². The lowest BCUT2D eigenvalue weighted by molar-refractivity contribution is -0.122. The van der Waals surface area contributed by atoms with E-state index in [1.165, 1.54) is 12.8 Å². The smallest absolute Gasteiger partial charge is 0.234 e. The molecule has 2 heterocycles. The molecule has 100 valence electrons. The minimum Gasteiger partial charge on any atom is -0.355 e. The molecule has 0 bridgehead atoms. The number of rotatable bonds is 6. The van der Waals surface area contributed by atoms with Crippen LogP contribution in [-0.4, -0.2) is 46.5 Å². The van der Waals surface area contributed by atoms with E-state index in [0.29, 0.717) is 12.6 Å². The highest BCUT2D eigenvalue weighted by Crippen LogP contribution is 2.08. The van der Waals surface area contributed by atoms with E-state index < -0.39 is 0 Å². The molecule has 1 aromatic heterocycles. The van der Waals surface area contributed by atoms with Crippen molar-refractivity contribution >= 4 is 5.91 Å². The van der Waals surface area contributed by atoms with E-state index >= 15 is 0 Å². The van der Waals surface area contributed by atoms with Gasteiger partial charge in [-0.25, -0.2) is 4.98 Å². The van der Waals surface area contributed by atoms with Crippen molar-refractivity contribution in [1.82, 2.24) is 19.8 Å². The summed E-state index contributed by atoms with van der Waals surface area (Å²) in [7, 11) is 0. The van der Waals surface area contributed by atoms with E-state index in [9.17, 15) is 4.79 Å². The summed E-state index contributed by atoms with van der Waals surface area (Å²) >= 11 is 0. The molecular weight excluding hydrogens is 228 g/mol. The van der Waals surface area contributed by atoms with Gasteiger partial charge in [-0.05, 0) is 39.3 Å². The molecule has 0 spiro atoms. The number of amides is 1. The van der Waals surface area contributed by atoms with Gasteiger partial charge in [0.05, 0.1) is 12.9 Å². The summed E-state index contributed by atoms with van der Waals surface area (Å²) in [6.45, 7) is 5.55. The maximum Gasteiger partial charge on any atom is 0.234 e. The third kappa shape index (κ3) is 3.84. The Morgan fingerprint density at radius 1 is 1.44 bits per heavy atom. The van der Waals surface area contributed by atoms with E-state index in [-0.39, 0.29) is 5.91 Å². The number of carbonyl (C=O) groups is 1. The summed E-state index contributed by atoms with van der Waals surface area (Å²) in [5.41, 5.74) is 0. The number of carbonyl (C=O) groups excluding carboxylic acids is 1. The van der Waals surface area contributed by atoms with Gasteiger partial charge in [0.25, 0.3) is 0 Å². The number of nitrogens with one attached hydrogen (secondary N) is 1. The second-order valence-electron chi connectivity index (χ2n) is 4.98. The van der Waals surface area contributed by atoms with Crippen molar-refractivity contribution < 1.29 is 4.79 Å². The first-order valence-electron chi connectivity index (χ1n) is 6.72. The Morgan fingerprint density at radius 3 is 2.89 bits per heavy atom. The Labute approximate surface area is 108 Å². The average Bonchev–Trinajstić information content (AvgIpc) is 3.00. The number of hydrogen-bond acceptors (Lipinski definition) is 3. The molecule has 0 aliphatic carbocycles. The van der Waals surface area contributed by atoms with Crippen molar-refractivity contribution in [3.05, 3.63) is 18.7 Å². The highest BCUT2D eigenvalue weighted by molar-refractivity contribution is 5.77. The third-order valence-corrected chi connectivity index (χ3v) is 3.48. The van der Waals surface area contributed by atoms with Gasteiger partial charge >= 0.3 is 0 Å². The summed E-state index contributed by atoms with van der Waals surface area (Å²) in [6, 6.07) is 0.375. The van der Waals surface area contributed by atoms with Crippen LogP contribution in [0.15, 0.2) is 18.7 Å². The Balaban J connectivity index is 1.61. The SMILES string of the molecule is CC(CCNC(=O)CN1CCCC1)n1ccnc1. The zero-order valence-electron chi connectivity index (χ0n) is 11.0. The van der Waals surface area contributed by atoms with E-state index in [2.05, 4.69) is 26.7 Å². The Hall–Kier alpha value is -1.36. The third-order valence-electron chi connectivity index (χ3n) is 3.48. The first-order valence-corrected chi connectivity index (χ1v) is 6.72. The van der Waals surface area contributed by atoms with E-state index in [4.69, 9.17) is 0 Å². The van der Waals surface area contributed by atoms with E-state index in [1.54, 1.807) is 6.20 Å². The summed E-state index contributed by atoms with van der Waals surface area (Å²) < 4.78 is 2.06. The van der Waals surface area contributed by atoms with Crippen molar-refractivity contribution in [2.24, 2.45) is 0 Å². The highest BCUT2D eigenvalue weighted by atomic mass is 16.2. The molecule has 0 saturated carbocycles. The normalized spacial score (nSPS) is 17.8. The Morgan fingerprint density at radius 2 is 2.22 bits per heavy atom. The molecule has 1 N–H and O–H groups in total. The highest BCUT2D eigenvalue weighted by Gasteiger charge is 2.14. The summed E-state index contributed by atoms with van der Waals surface area (Å²) in [5.74, 6) is 0.148. The van der Waals surface area contributed by atoms with Crippen molar-refractivity contribution in [1.29, 1.82) is 0 Å². The molecule has 2 rings (SSSR count). The van der Waals surface area contributed by atoms with Crippen molar-refractivity contribution in [3.8, 4) is 0 Å². The molecule has 1 atom stereocenters. The van der Waals surface area contributed by atoms with Crippen LogP contribution in [0.25, 0.3) is 0 Å².